The highest BCUT2D eigenvalue weighted by Crippen LogP contribution is 2.33. The van der Waals surface area contributed by atoms with Gasteiger partial charge in [0, 0.05) is 56.4 Å². The first kappa shape index (κ1) is 16.6. The molecule has 3 rings (SSSR count). The van der Waals surface area contributed by atoms with Gasteiger partial charge in [0.1, 0.15) is 5.01 Å². The third kappa shape index (κ3) is 4.17. The molecule has 0 spiro atoms. The number of nitrogens with zero attached hydrogens (tertiary/aromatic N) is 3. The van der Waals surface area contributed by atoms with Gasteiger partial charge in [-0.1, -0.05) is 0 Å². The number of methoxy groups -OCH3 is 1. The summed E-state index contributed by atoms with van der Waals surface area (Å²) in [5.41, 5.74) is 2.27. The Labute approximate surface area is 140 Å². The van der Waals surface area contributed by atoms with Crippen molar-refractivity contribution in [3.05, 3.63) is 34.0 Å². The molecule has 6 nitrogen and oxygen atoms in total. The first-order chi connectivity index (χ1) is 11.3. The summed E-state index contributed by atoms with van der Waals surface area (Å²) in [6.45, 7) is 6.12. The van der Waals surface area contributed by atoms with E-state index in [2.05, 4.69) is 33.9 Å². The molecule has 23 heavy (non-hydrogen) atoms. The summed E-state index contributed by atoms with van der Waals surface area (Å²) in [6.07, 6.45) is 5.27. The van der Waals surface area contributed by atoms with Gasteiger partial charge in [-0.05, 0) is 13.3 Å². The number of rotatable bonds is 8. The second-order valence-electron chi connectivity index (χ2n) is 5.77. The minimum atomic E-state index is 0.155. The summed E-state index contributed by atoms with van der Waals surface area (Å²) in [5, 5.41) is 11.0. The average Bonchev–Trinajstić information content (AvgIpc) is 3.27. The van der Waals surface area contributed by atoms with Crippen molar-refractivity contribution in [2.75, 3.05) is 20.3 Å². The average molecular weight is 336 g/mol. The van der Waals surface area contributed by atoms with E-state index in [1.807, 2.05) is 10.9 Å². The van der Waals surface area contributed by atoms with E-state index in [0.29, 0.717) is 12.5 Å². The second kappa shape index (κ2) is 8.01. The van der Waals surface area contributed by atoms with Gasteiger partial charge in [0.2, 0.25) is 0 Å². The fourth-order valence-electron chi connectivity index (χ4n) is 2.92. The Morgan fingerprint density at radius 3 is 3.22 bits per heavy atom. The van der Waals surface area contributed by atoms with Crippen LogP contribution in [0, 0.1) is 5.92 Å². The molecule has 0 amide bonds. The monoisotopic (exact) mass is 336 g/mol. The van der Waals surface area contributed by atoms with Crippen LogP contribution in [0.1, 0.15) is 35.7 Å². The van der Waals surface area contributed by atoms with Gasteiger partial charge >= 0.3 is 0 Å². The molecule has 1 aliphatic rings. The number of nitrogens with one attached hydrogen (secondary N) is 1. The van der Waals surface area contributed by atoms with Gasteiger partial charge in [0.15, 0.2) is 0 Å². The maximum atomic E-state index is 5.92. The summed E-state index contributed by atoms with van der Waals surface area (Å²) in [7, 11) is 1.69. The first-order valence-corrected chi connectivity index (χ1v) is 8.95. The maximum Gasteiger partial charge on any atom is 0.119 e. The molecule has 2 atom stereocenters. The molecule has 0 aromatic carbocycles. The third-order valence-corrected chi connectivity index (χ3v) is 4.97. The molecule has 1 fully saturated rings. The predicted molar refractivity (Wildman–Crippen MR) is 89.2 cm³/mol. The lowest BCUT2D eigenvalue weighted by Gasteiger charge is -2.17. The molecule has 0 aliphatic carbocycles. The summed E-state index contributed by atoms with van der Waals surface area (Å²) in [6, 6.07) is 0. The predicted octanol–water partition coefficient (Wildman–Crippen LogP) is 2.37. The van der Waals surface area contributed by atoms with Crippen molar-refractivity contribution >= 4 is 11.3 Å². The zero-order valence-electron chi connectivity index (χ0n) is 13.7. The molecule has 3 heterocycles. The van der Waals surface area contributed by atoms with Crippen molar-refractivity contribution in [3.8, 4) is 0 Å². The Morgan fingerprint density at radius 2 is 2.43 bits per heavy atom. The number of thiazole rings is 1. The van der Waals surface area contributed by atoms with Crippen LogP contribution in [-0.2, 0) is 29.2 Å². The van der Waals surface area contributed by atoms with Gasteiger partial charge < -0.3 is 14.8 Å². The quantitative estimate of drug-likeness (QED) is 0.802. The Balaban J connectivity index is 1.50. The molecule has 1 saturated heterocycles. The van der Waals surface area contributed by atoms with Gasteiger partial charge in [0.05, 0.1) is 24.6 Å². The van der Waals surface area contributed by atoms with Crippen LogP contribution in [0.5, 0.6) is 0 Å². The van der Waals surface area contributed by atoms with Crippen LogP contribution in [0.4, 0.5) is 0 Å². The second-order valence-corrected chi connectivity index (χ2v) is 6.71. The van der Waals surface area contributed by atoms with Gasteiger partial charge in [0.25, 0.3) is 0 Å². The van der Waals surface area contributed by atoms with Crippen molar-refractivity contribution in [2.24, 2.45) is 5.92 Å². The number of hydrogen-bond donors (Lipinski definition) is 1. The van der Waals surface area contributed by atoms with E-state index in [4.69, 9.17) is 9.47 Å². The standard InChI is InChI=1S/C16H24N4O2S/c1-3-20-9-13(7-18-20)16-12(4-5-22-16)6-17-8-14-11-23-15(19-14)10-21-2/h7,9,11-12,16-17H,3-6,8,10H2,1-2H3/t12-,16-/m0/s1. The van der Waals surface area contributed by atoms with E-state index in [1.54, 1.807) is 18.4 Å². The lowest BCUT2D eigenvalue weighted by Crippen LogP contribution is -2.24. The van der Waals surface area contributed by atoms with Crippen molar-refractivity contribution in [2.45, 2.75) is 39.1 Å². The first-order valence-electron chi connectivity index (χ1n) is 8.07. The van der Waals surface area contributed by atoms with Crippen LogP contribution in [-0.4, -0.2) is 35.0 Å². The van der Waals surface area contributed by atoms with Gasteiger partial charge in [-0.3, -0.25) is 4.68 Å². The molecular formula is C16H24N4O2S. The lowest BCUT2D eigenvalue weighted by atomic mass is 9.97. The zero-order chi connectivity index (χ0) is 16.1. The van der Waals surface area contributed by atoms with Crippen LogP contribution in [0.3, 0.4) is 0 Å². The molecule has 126 valence electrons. The minimum Gasteiger partial charge on any atom is -0.378 e. The number of ether oxygens (including phenoxy) is 2. The van der Waals surface area contributed by atoms with Crippen LogP contribution in [0.2, 0.25) is 0 Å². The zero-order valence-corrected chi connectivity index (χ0v) is 14.5. The highest BCUT2D eigenvalue weighted by molar-refractivity contribution is 7.09. The van der Waals surface area contributed by atoms with E-state index >= 15 is 0 Å². The van der Waals surface area contributed by atoms with E-state index in [9.17, 15) is 0 Å². The van der Waals surface area contributed by atoms with Crippen LogP contribution >= 0.6 is 11.3 Å². The van der Waals surface area contributed by atoms with Crippen molar-refractivity contribution in [1.82, 2.24) is 20.1 Å². The summed E-state index contributed by atoms with van der Waals surface area (Å²) in [5.74, 6) is 0.488. The summed E-state index contributed by atoms with van der Waals surface area (Å²) < 4.78 is 13.0. The highest BCUT2D eigenvalue weighted by atomic mass is 32.1. The fraction of sp³-hybridized carbons (Fsp3) is 0.625. The van der Waals surface area contributed by atoms with Gasteiger partial charge in [-0.15, -0.1) is 11.3 Å². The van der Waals surface area contributed by atoms with Crippen molar-refractivity contribution in [1.29, 1.82) is 0 Å². The SMILES string of the molecule is CCn1cc([C@H]2OCC[C@H]2CNCc2csc(COC)n2)cn1. The number of aromatic nitrogens is 3. The molecule has 7 heteroatoms. The smallest absolute Gasteiger partial charge is 0.119 e. The molecular weight excluding hydrogens is 312 g/mol. The summed E-state index contributed by atoms with van der Waals surface area (Å²) in [4.78, 5) is 4.54. The molecule has 1 N–H and O–H groups in total. The lowest BCUT2D eigenvalue weighted by molar-refractivity contribution is 0.0903. The minimum absolute atomic E-state index is 0.155. The molecule has 1 aliphatic heterocycles. The fourth-order valence-corrected chi connectivity index (χ4v) is 3.68. The van der Waals surface area contributed by atoms with E-state index in [0.717, 1.165) is 43.4 Å². The topological polar surface area (TPSA) is 61.2 Å². The Hall–Kier alpha value is -1.28. The molecule has 0 unspecified atom stereocenters. The van der Waals surface area contributed by atoms with Gasteiger partial charge in [-0.25, -0.2) is 4.98 Å². The molecule has 2 aromatic rings. The van der Waals surface area contributed by atoms with E-state index in [-0.39, 0.29) is 6.10 Å². The molecule has 0 saturated carbocycles. The highest BCUT2D eigenvalue weighted by Gasteiger charge is 2.30. The van der Waals surface area contributed by atoms with Crippen molar-refractivity contribution < 1.29 is 9.47 Å². The van der Waals surface area contributed by atoms with Crippen molar-refractivity contribution in [3.63, 3.8) is 0 Å². The van der Waals surface area contributed by atoms with Gasteiger partial charge in [-0.2, -0.15) is 5.10 Å². The third-order valence-electron chi connectivity index (χ3n) is 4.10. The maximum absolute atomic E-state index is 5.92. The van der Waals surface area contributed by atoms with Crippen LogP contribution < -0.4 is 5.32 Å². The van der Waals surface area contributed by atoms with Crippen LogP contribution in [0.15, 0.2) is 17.8 Å². The van der Waals surface area contributed by atoms with Crippen LogP contribution in [0.25, 0.3) is 0 Å². The number of hydrogen-bond acceptors (Lipinski definition) is 6. The summed E-state index contributed by atoms with van der Waals surface area (Å²) >= 11 is 1.65. The normalized spacial score (nSPS) is 21.1. The number of aryl methyl sites for hydroxylation is 1. The molecule has 0 radical (unpaired) electrons. The Kier molecular flexibility index (Phi) is 5.77. The molecule has 2 aromatic heterocycles. The largest absolute Gasteiger partial charge is 0.378 e. The molecule has 0 bridgehead atoms. The van der Waals surface area contributed by atoms with E-state index in [1.165, 1.54) is 5.56 Å². The Morgan fingerprint density at radius 1 is 1.52 bits per heavy atom. The van der Waals surface area contributed by atoms with E-state index < -0.39 is 0 Å². The Bertz CT molecular complexity index is 613.